The molecule has 0 atom stereocenters. The topological polar surface area (TPSA) is 52.6 Å². The van der Waals surface area contributed by atoms with Gasteiger partial charge in [-0.15, -0.1) is 0 Å². The summed E-state index contributed by atoms with van der Waals surface area (Å²) < 4.78 is 10.5. The van der Waals surface area contributed by atoms with Gasteiger partial charge in [-0.2, -0.15) is 0 Å². The maximum Gasteiger partial charge on any atom is 0.311 e. The third-order valence-electron chi connectivity index (χ3n) is 4.38. The van der Waals surface area contributed by atoms with Gasteiger partial charge in [0.1, 0.15) is 5.75 Å². The molecule has 1 aromatic rings. The second-order valence-corrected chi connectivity index (χ2v) is 7.34. The van der Waals surface area contributed by atoms with Crippen molar-refractivity contribution in [2.75, 3.05) is 6.61 Å². The monoisotopic (exact) mass is 396 g/mol. The van der Waals surface area contributed by atoms with Crippen molar-refractivity contribution in [3.8, 4) is 5.75 Å². The van der Waals surface area contributed by atoms with E-state index in [0.717, 1.165) is 18.4 Å². The quantitative estimate of drug-likeness (QED) is 0.207. The van der Waals surface area contributed by atoms with Crippen LogP contribution in [-0.4, -0.2) is 18.5 Å². The van der Waals surface area contributed by atoms with Crippen molar-refractivity contribution in [2.24, 2.45) is 0 Å². The van der Waals surface area contributed by atoms with Crippen molar-refractivity contribution in [2.45, 2.75) is 84.5 Å². The number of carbonyl (C=O) groups excluding carboxylic acids is 2. The number of hydrogen-bond acceptors (Lipinski definition) is 4. The van der Waals surface area contributed by atoms with Crippen molar-refractivity contribution in [1.82, 2.24) is 0 Å². The summed E-state index contributed by atoms with van der Waals surface area (Å²) in [6.45, 7) is 4.54. The van der Waals surface area contributed by atoms with Gasteiger partial charge in [-0.1, -0.05) is 63.5 Å². The summed E-state index contributed by atoms with van der Waals surface area (Å²) in [4.78, 5) is 23.5. The summed E-state index contributed by atoms with van der Waals surface area (Å²) in [6.07, 6.45) is 10.6. The minimum Gasteiger partial charge on any atom is -0.466 e. The Balaban J connectivity index is 2.01. The number of carbonyl (C=O) groups is 2. The van der Waals surface area contributed by atoms with Crippen LogP contribution in [0.25, 0.3) is 0 Å². The molecule has 27 heavy (non-hydrogen) atoms. The zero-order valence-electron chi connectivity index (χ0n) is 16.7. The molecule has 5 heteroatoms. The van der Waals surface area contributed by atoms with Gasteiger partial charge in [-0.05, 0) is 43.5 Å². The molecule has 0 N–H and O–H groups in total. The maximum absolute atomic E-state index is 11.8. The maximum atomic E-state index is 11.8. The molecule has 0 fully saturated rings. The summed E-state index contributed by atoms with van der Waals surface area (Å²) >= 11 is 5.94. The number of ether oxygens (including phenoxy) is 2. The van der Waals surface area contributed by atoms with Crippen LogP contribution in [0.1, 0.15) is 83.1 Å². The lowest BCUT2D eigenvalue weighted by Crippen LogP contribution is -2.10. The highest BCUT2D eigenvalue weighted by Crippen LogP contribution is 2.21. The second kappa shape index (κ2) is 14.5. The van der Waals surface area contributed by atoms with Crippen LogP contribution >= 0.6 is 11.6 Å². The van der Waals surface area contributed by atoms with Crippen LogP contribution in [-0.2, 0) is 14.3 Å². The van der Waals surface area contributed by atoms with Crippen LogP contribution in [0.4, 0.5) is 0 Å². The molecular weight excluding hydrogens is 364 g/mol. The van der Waals surface area contributed by atoms with E-state index in [1.54, 1.807) is 18.2 Å². The van der Waals surface area contributed by atoms with E-state index in [-0.39, 0.29) is 24.8 Å². The molecule has 0 saturated carbocycles. The van der Waals surface area contributed by atoms with Gasteiger partial charge in [0, 0.05) is 17.9 Å². The molecule has 152 valence electrons. The molecule has 0 aromatic heterocycles. The number of benzene rings is 1. The standard InChI is InChI=1S/C22H33ClO4/c1-3-4-5-6-7-8-9-10-16-26-21(24)12-11-13-22(25)27-19-14-15-20(23)18(2)17-19/h14-15,17H,3-13,16H2,1-2H3. The first-order chi connectivity index (χ1) is 13.0. The molecule has 0 radical (unpaired) electrons. The molecule has 0 unspecified atom stereocenters. The molecular formula is C22H33ClO4. The van der Waals surface area contributed by atoms with E-state index in [2.05, 4.69) is 6.92 Å². The molecule has 0 bridgehead atoms. The van der Waals surface area contributed by atoms with E-state index >= 15 is 0 Å². The lowest BCUT2D eigenvalue weighted by atomic mass is 10.1. The number of unbranched alkanes of at least 4 members (excludes halogenated alkanes) is 7. The Kier molecular flexibility index (Phi) is 12.6. The van der Waals surface area contributed by atoms with E-state index in [9.17, 15) is 9.59 Å². The Morgan fingerprint density at radius 2 is 1.52 bits per heavy atom. The van der Waals surface area contributed by atoms with Gasteiger partial charge >= 0.3 is 11.9 Å². The fraction of sp³-hybridized carbons (Fsp3) is 0.636. The lowest BCUT2D eigenvalue weighted by Gasteiger charge is -2.07. The molecule has 0 spiro atoms. The Morgan fingerprint density at radius 3 is 2.19 bits per heavy atom. The Bertz CT molecular complexity index is 571. The highest BCUT2D eigenvalue weighted by molar-refractivity contribution is 6.31. The summed E-state index contributed by atoms with van der Waals surface area (Å²) in [5.74, 6) is -0.125. The van der Waals surface area contributed by atoms with E-state index in [4.69, 9.17) is 21.1 Å². The zero-order valence-corrected chi connectivity index (χ0v) is 17.5. The van der Waals surface area contributed by atoms with Crippen LogP contribution in [0.5, 0.6) is 5.75 Å². The normalized spacial score (nSPS) is 10.6. The largest absolute Gasteiger partial charge is 0.466 e. The molecule has 1 aromatic carbocycles. The number of hydrogen-bond donors (Lipinski definition) is 0. The molecule has 0 saturated heterocycles. The first kappa shape index (κ1) is 23.5. The smallest absolute Gasteiger partial charge is 0.311 e. The summed E-state index contributed by atoms with van der Waals surface area (Å²) in [6, 6.07) is 5.08. The van der Waals surface area contributed by atoms with Crippen molar-refractivity contribution in [3.05, 3.63) is 28.8 Å². The summed E-state index contributed by atoms with van der Waals surface area (Å²) in [5, 5.41) is 0.633. The summed E-state index contributed by atoms with van der Waals surface area (Å²) in [5.41, 5.74) is 0.853. The van der Waals surface area contributed by atoms with Crippen molar-refractivity contribution >= 4 is 23.5 Å². The zero-order chi connectivity index (χ0) is 19.9. The van der Waals surface area contributed by atoms with Gasteiger partial charge in [0.25, 0.3) is 0 Å². The Morgan fingerprint density at radius 1 is 0.889 bits per heavy atom. The van der Waals surface area contributed by atoms with Crippen LogP contribution < -0.4 is 4.74 Å². The van der Waals surface area contributed by atoms with Crippen LogP contribution in [0.2, 0.25) is 5.02 Å². The Hall–Kier alpha value is -1.55. The van der Waals surface area contributed by atoms with Crippen LogP contribution in [0.3, 0.4) is 0 Å². The average Bonchev–Trinajstić information content (AvgIpc) is 2.63. The fourth-order valence-corrected chi connectivity index (χ4v) is 2.85. The summed E-state index contributed by atoms with van der Waals surface area (Å²) in [7, 11) is 0. The first-order valence-corrected chi connectivity index (χ1v) is 10.5. The Labute approximate surface area is 168 Å². The molecule has 4 nitrogen and oxygen atoms in total. The highest BCUT2D eigenvalue weighted by Gasteiger charge is 2.09. The van der Waals surface area contributed by atoms with E-state index in [0.29, 0.717) is 23.8 Å². The molecule has 0 amide bonds. The number of halogens is 1. The van der Waals surface area contributed by atoms with Crippen LogP contribution in [0, 0.1) is 6.92 Å². The number of aryl methyl sites for hydroxylation is 1. The number of rotatable bonds is 14. The number of esters is 2. The highest BCUT2D eigenvalue weighted by atomic mass is 35.5. The van der Waals surface area contributed by atoms with Gasteiger partial charge in [0.2, 0.25) is 0 Å². The predicted molar refractivity (Wildman–Crippen MR) is 109 cm³/mol. The SMILES string of the molecule is CCCCCCCCCCOC(=O)CCCC(=O)Oc1ccc(Cl)c(C)c1. The molecule has 0 aliphatic carbocycles. The van der Waals surface area contributed by atoms with Gasteiger partial charge in [-0.3, -0.25) is 9.59 Å². The second-order valence-electron chi connectivity index (χ2n) is 6.93. The third kappa shape index (κ3) is 11.7. The van der Waals surface area contributed by atoms with E-state index < -0.39 is 0 Å². The van der Waals surface area contributed by atoms with Gasteiger partial charge < -0.3 is 9.47 Å². The molecule has 0 aliphatic rings. The van der Waals surface area contributed by atoms with Gasteiger partial charge in [0.05, 0.1) is 6.61 Å². The minimum absolute atomic E-state index is 0.189. The minimum atomic E-state index is -0.354. The molecule has 0 aliphatic heterocycles. The fourth-order valence-electron chi connectivity index (χ4n) is 2.73. The average molecular weight is 397 g/mol. The van der Waals surface area contributed by atoms with E-state index in [1.807, 2.05) is 6.92 Å². The lowest BCUT2D eigenvalue weighted by molar-refractivity contribution is -0.144. The van der Waals surface area contributed by atoms with Crippen molar-refractivity contribution in [1.29, 1.82) is 0 Å². The predicted octanol–water partition coefficient (Wildman–Crippen LogP) is 6.41. The first-order valence-electron chi connectivity index (χ1n) is 10.2. The molecule has 0 heterocycles. The molecule has 1 rings (SSSR count). The van der Waals surface area contributed by atoms with E-state index in [1.165, 1.54) is 38.5 Å². The van der Waals surface area contributed by atoms with Crippen molar-refractivity contribution < 1.29 is 19.1 Å². The van der Waals surface area contributed by atoms with Gasteiger partial charge in [0.15, 0.2) is 0 Å². The third-order valence-corrected chi connectivity index (χ3v) is 4.81. The van der Waals surface area contributed by atoms with Gasteiger partial charge in [-0.25, -0.2) is 0 Å². The van der Waals surface area contributed by atoms with Crippen LogP contribution in [0.15, 0.2) is 18.2 Å². The van der Waals surface area contributed by atoms with Crippen molar-refractivity contribution in [3.63, 3.8) is 0 Å².